The first-order valence-corrected chi connectivity index (χ1v) is 8.32. The first-order chi connectivity index (χ1) is 10.2. The van der Waals surface area contributed by atoms with Crippen LogP contribution in [-0.2, 0) is 5.88 Å². The van der Waals surface area contributed by atoms with Crippen LogP contribution in [0.4, 0.5) is 0 Å². The van der Waals surface area contributed by atoms with E-state index >= 15 is 0 Å². The van der Waals surface area contributed by atoms with Gasteiger partial charge in [0.05, 0.1) is 5.52 Å². The number of hydrogen-bond donors (Lipinski definition) is 0. The van der Waals surface area contributed by atoms with Crippen LogP contribution in [0.2, 0.25) is 0 Å². The Labute approximate surface area is 131 Å². The van der Waals surface area contributed by atoms with Crippen LogP contribution in [0.3, 0.4) is 0 Å². The molecule has 1 aromatic carbocycles. The molecular weight excluding hydrogens is 282 g/mol. The third-order valence-corrected chi connectivity index (χ3v) is 5.05. The highest BCUT2D eigenvalue weighted by Crippen LogP contribution is 2.32. The summed E-state index contributed by atoms with van der Waals surface area (Å²) >= 11 is 6.08. The van der Waals surface area contributed by atoms with Gasteiger partial charge in [-0.15, -0.1) is 11.6 Å². The van der Waals surface area contributed by atoms with Gasteiger partial charge in [-0.3, -0.25) is 0 Å². The van der Waals surface area contributed by atoms with Crippen molar-refractivity contribution in [3.63, 3.8) is 0 Å². The average molecular weight is 304 g/mol. The normalized spacial score (nSPS) is 26.0. The fourth-order valence-corrected chi connectivity index (χ4v) is 3.39. The Balaban J connectivity index is 1.84. The summed E-state index contributed by atoms with van der Waals surface area (Å²) in [5, 5.41) is 1.12. The Kier molecular flexibility index (Phi) is 4.34. The zero-order valence-electron chi connectivity index (χ0n) is 12.7. The van der Waals surface area contributed by atoms with Gasteiger partial charge in [-0.2, -0.15) is 0 Å². The lowest BCUT2D eigenvalue weighted by Crippen LogP contribution is -2.29. The van der Waals surface area contributed by atoms with Crippen molar-refractivity contribution in [1.82, 2.24) is 4.98 Å². The third-order valence-electron chi connectivity index (χ3n) is 4.76. The lowest BCUT2D eigenvalue weighted by Gasteiger charge is -2.32. The summed E-state index contributed by atoms with van der Waals surface area (Å²) in [4.78, 5) is 4.64. The first kappa shape index (κ1) is 14.6. The van der Waals surface area contributed by atoms with Crippen molar-refractivity contribution in [3.8, 4) is 5.88 Å². The van der Waals surface area contributed by atoms with Gasteiger partial charge < -0.3 is 4.74 Å². The van der Waals surface area contributed by atoms with Gasteiger partial charge in [0.1, 0.15) is 6.10 Å². The molecule has 112 valence electrons. The van der Waals surface area contributed by atoms with Crippen molar-refractivity contribution in [2.45, 2.75) is 45.1 Å². The molecule has 2 nitrogen and oxygen atoms in total. The molecule has 0 aliphatic heterocycles. The van der Waals surface area contributed by atoms with Crippen molar-refractivity contribution in [3.05, 3.63) is 35.9 Å². The first-order valence-electron chi connectivity index (χ1n) is 7.78. The van der Waals surface area contributed by atoms with Crippen LogP contribution in [-0.4, -0.2) is 11.1 Å². The van der Waals surface area contributed by atoms with Crippen molar-refractivity contribution >= 4 is 22.5 Å². The molecule has 3 atom stereocenters. The summed E-state index contributed by atoms with van der Waals surface area (Å²) in [6.45, 7) is 4.65. The monoisotopic (exact) mass is 303 g/mol. The molecule has 2 aromatic rings. The minimum Gasteiger partial charge on any atom is -0.474 e. The fourth-order valence-electron chi connectivity index (χ4n) is 3.17. The predicted molar refractivity (Wildman–Crippen MR) is 87.9 cm³/mol. The zero-order chi connectivity index (χ0) is 14.8. The van der Waals surface area contributed by atoms with E-state index in [1.54, 1.807) is 0 Å². The van der Waals surface area contributed by atoms with Gasteiger partial charge in [-0.1, -0.05) is 32.0 Å². The highest BCUT2D eigenvalue weighted by molar-refractivity contribution is 6.18. The number of hydrogen-bond acceptors (Lipinski definition) is 2. The minimum atomic E-state index is 0.285. The quantitative estimate of drug-likeness (QED) is 0.729. The second-order valence-corrected chi connectivity index (χ2v) is 6.55. The van der Waals surface area contributed by atoms with Crippen molar-refractivity contribution in [2.75, 3.05) is 0 Å². The molecule has 0 spiro atoms. The highest BCUT2D eigenvalue weighted by Gasteiger charge is 2.26. The predicted octanol–water partition coefficient (Wildman–Crippen LogP) is 5.18. The SMILES string of the molecule is CC1CCC(Oc2cc(CCl)c3ccccc3n2)CC1C. The number of benzene rings is 1. The number of para-hydroxylation sites is 1. The van der Waals surface area contributed by atoms with Gasteiger partial charge in [-0.05, 0) is 42.7 Å². The molecule has 3 rings (SSSR count). The number of pyridine rings is 1. The number of nitrogens with zero attached hydrogens (tertiary/aromatic N) is 1. The summed E-state index contributed by atoms with van der Waals surface area (Å²) < 4.78 is 6.15. The summed E-state index contributed by atoms with van der Waals surface area (Å²) in [6, 6.07) is 10.1. The number of aromatic nitrogens is 1. The topological polar surface area (TPSA) is 22.1 Å². The molecule has 0 saturated heterocycles. The van der Waals surface area contributed by atoms with Gasteiger partial charge in [0.2, 0.25) is 5.88 Å². The molecule has 1 aliphatic carbocycles. The van der Waals surface area contributed by atoms with Gasteiger partial charge in [0.15, 0.2) is 0 Å². The molecule has 0 N–H and O–H groups in total. The average Bonchev–Trinajstić information content (AvgIpc) is 2.50. The van der Waals surface area contributed by atoms with E-state index in [-0.39, 0.29) is 6.10 Å². The molecule has 0 bridgehead atoms. The fraction of sp³-hybridized carbons (Fsp3) is 0.500. The van der Waals surface area contributed by atoms with Crippen LogP contribution in [0.15, 0.2) is 30.3 Å². The summed E-state index contributed by atoms with van der Waals surface area (Å²) in [6.07, 6.45) is 3.76. The van der Waals surface area contributed by atoms with Gasteiger partial charge in [0.25, 0.3) is 0 Å². The lowest BCUT2D eigenvalue weighted by atomic mass is 9.80. The zero-order valence-corrected chi connectivity index (χ0v) is 13.4. The Morgan fingerprint density at radius 2 is 2.00 bits per heavy atom. The van der Waals surface area contributed by atoms with Crippen LogP contribution in [0.25, 0.3) is 10.9 Å². The van der Waals surface area contributed by atoms with Gasteiger partial charge >= 0.3 is 0 Å². The van der Waals surface area contributed by atoms with Gasteiger partial charge in [0, 0.05) is 17.3 Å². The molecule has 3 unspecified atom stereocenters. The minimum absolute atomic E-state index is 0.285. The molecule has 1 aromatic heterocycles. The Bertz CT molecular complexity index is 628. The van der Waals surface area contributed by atoms with E-state index in [1.165, 1.54) is 6.42 Å². The van der Waals surface area contributed by atoms with E-state index in [1.807, 2.05) is 24.3 Å². The van der Waals surface area contributed by atoms with Crippen LogP contribution >= 0.6 is 11.6 Å². The highest BCUT2D eigenvalue weighted by atomic mass is 35.5. The van der Waals surface area contributed by atoms with Gasteiger partial charge in [-0.25, -0.2) is 4.98 Å². The molecular formula is C18H22ClNO. The summed E-state index contributed by atoms with van der Waals surface area (Å²) in [7, 11) is 0. The number of ether oxygens (including phenoxy) is 1. The second-order valence-electron chi connectivity index (χ2n) is 6.28. The largest absolute Gasteiger partial charge is 0.474 e. The molecule has 0 amide bonds. The van der Waals surface area contributed by atoms with Crippen LogP contribution in [0, 0.1) is 11.8 Å². The maximum Gasteiger partial charge on any atom is 0.214 e. The van der Waals surface area contributed by atoms with Crippen molar-refractivity contribution in [1.29, 1.82) is 0 Å². The number of halogens is 1. The Hall–Kier alpha value is -1.28. The van der Waals surface area contributed by atoms with Crippen molar-refractivity contribution in [2.24, 2.45) is 11.8 Å². The Morgan fingerprint density at radius 1 is 1.19 bits per heavy atom. The standard InChI is InChI=1S/C18H22ClNO/c1-12-7-8-15(9-13(12)2)21-18-10-14(11-19)16-5-3-4-6-17(16)20-18/h3-6,10,12-13,15H,7-9,11H2,1-2H3. The lowest BCUT2D eigenvalue weighted by molar-refractivity contribution is 0.0967. The van der Waals surface area contributed by atoms with Crippen molar-refractivity contribution < 1.29 is 4.74 Å². The third kappa shape index (κ3) is 3.16. The molecule has 1 aliphatic rings. The molecule has 3 heteroatoms. The van der Waals surface area contributed by atoms with E-state index in [0.717, 1.165) is 47.0 Å². The van der Waals surface area contributed by atoms with E-state index in [4.69, 9.17) is 16.3 Å². The van der Waals surface area contributed by atoms with E-state index in [2.05, 4.69) is 24.9 Å². The molecule has 0 radical (unpaired) electrons. The second kappa shape index (κ2) is 6.23. The molecule has 1 heterocycles. The summed E-state index contributed by atoms with van der Waals surface area (Å²) in [5.41, 5.74) is 2.05. The number of rotatable bonds is 3. The summed E-state index contributed by atoms with van der Waals surface area (Å²) in [5.74, 6) is 2.72. The Morgan fingerprint density at radius 3 is 2.76 bits per heavy atom. The van der Waals surface area contributed by atoms with Crippen LogP contribution < -0.4 is 4.74 Å². The molecule has 1 fully saturated rings. The maximum absolute atomic E-state index is 6.15. The number of alkyl halides is 1. The van der Waals surface area contributed by atoms with E-state index in [9.17, 15) is 0 Å². The van der Waals surface area contributed by atoms with E-state index in [0.29, 0.717) is 5.88 Å². The molecule has 1 saturated carbocycles. The smallest absolute Gasteiger partial charge is 0.214 e. The number of fused-ring (bicyclic) bond motifs is 1. The van der Waals surface area contributed by atoms with Crippen LogP contribution in [0.1, 0.15) is 38.7 Å². The maximum atomic E-state index is 6.15. The van der Waals surface area contributed by atoms with E-state index < -0.39 is 0 Å². The van der Waals surface area contributed by atoms with Crippen LogP contribution in [0.5, 0.6) is 5.88 Å². The molecule has 21 heavy (non-hydrogen) atoms.